The standard InChI is InChI=1S/C16H24N2O2/c1-16(2)7-4-8-17-14(16)15(20)18-10-12-5-3-6-13(9-12)11-19/h3,5-6,9,14,17,19H,4,7-8,10-11H2,1-2H3,(H,18,20). The fourth-order valence-electron chi connectivity index (χ4n) is 2.79. The van der Waals surface area contributed by atoms with Crippen LogP contribution in [0.25, 0.3) is 0 Å². The summed E-state index contributed by atoms with van der Waals surface area (Å²) in [7, 11) is 0. The molecule has 0 spiro atoms. The summed E-state index contributed by atoms with van der Waals surface area (Å²) in [5, 5.41) is 15.4. The Morgan fingerprint density at radius 1 is 1.45 bits per heavy atom. The van der Waals surface area contributed by atoms with Crippen molar-refractivity contribution in [3.05, 3.63) is 35.4 Å². The third-order valence-electron chi connectivity index (χ3n) is 4.03. The van der Waals surface area contributed by atoms with Gasteiger partial charge in [-0.25, -0.2) is 0 Å². The van der Waals surface area contributed by atoms with Gasteiger partial charge in [-0.2, -0.15) is 0 Å². The highest BCUT2D eigenvalue weighted by Gasteiger charge is 2.36. The van der Waals surface area contributed by atoms with Gasteiger partial charge in [0.1, 0.15) is 0 Å². The molecule has 1 aromatic rings. The van der Waals surface area contributed by atoms with Crippen LogP contribution in [-0.4, -0.2) is 23.6 Å². The average molecular weight is 276 g/mol. The van der Waals surface area contributed by atoms with E-state index in [-0.39, 0.29) is 24.0 Å². The Morgan fingerprint density at radius 2 is 2.20 bits per heavy atom. The van der Waals surface area contributed by atoms with E-state index in [9.17, 15) is 4.79 Å². The fraction of sp³-hybridized carbons (Fsp3) is 0.562. The summed E-state index contributed by atoms with van der Waals surface area (Å²) >= 11 is 0. The van der Waals surface area contributed by atoms with Gasteiger partial charge >= 0.3 is 0 Å². The van der Waals surface area contributed by atoms with Crippen molar-refractivity contribution in [3.63, 3.8) is 0 Å². The Balaban J connectivity index is 1.94. The second-order valence-electron chi connectivity index (χ2n) is 6.18. The molecule has 1 unspecified atom stereocenters. The van der Waals surface area contributed by atoms with Crippen molar-refractivity contribution in [3.8, 4) is 0 Å². The summed E-state index contributed by atoms with van der Waals surface area (Å²) in [4.78, 5) is 12.3. The maximum atomic E-state index is 12.3. The van der Waals surface area contributed by atoms with Crippen LogP contribution in [0.1, 0.15) is 37.8 Å². The maximum Gasteiger partial charge on any atom is 0.237 e. The summed E-state index contributed by atoms with van der Waals surface area (Å²) in [6.45, 7) is 5.70. The molecule has 1 aromatic carbocycles. The lowest BCUT2D eigenvalue weighted by Gasteiger charge is -2.38. The molecular weight excluding hydrogens is 252 g/mol. The molecule has 0 bridgehead atoms. The quantitative estimate of drug-likeness (QED) is 0.782. The van der Waals surface area contributed by atoms with Crippen LogP contribution in [0.3, 0.4) is 0 Å². The Hall–Kier alpha value is -1.39. The van der Waals surface area contributed by atoms with Crippen LogP contribution >= 0.6 is 0 Å². The molecule has 1 fully saturated rings. The van der Waals surface area contributed by atoms with Crippen molar-refractivity contribution >= 4 is 5.91 Å². The Kier molecular flexibility index (Phi) is 4.78. The van der Waals surface area contributed by atoms with Gasteiger partial charge in [0.05, 0.1) is 12.6 Å². The predicted octanol–water partition coefficient (Wildman–Crippen LogP) is 1.57. The molecule has 0 saturated carbocycles. The van der Waals surface area contributed by atoms with E-state index in [2.05, 4.69) is 24.5 Å². The molecule has 3 N–H and O–H groups in total. The first-order valence-electron chi connectivity index (χ1n) is 7.23. The van der Waals surface area contributed by atoms with Crippen LogP contribution in [0, 0.1) is 5.41 Å². The maximum absolute atomic E-state index is 12.3. The molecule has 0 radical (unpaired) electrons. The largest absolute Gasteiger partial charge is 0.392 e. The first-order chi connectivity index (χ1) is 9.53. The normalized spacial score (nSPS) is 21.4. The van der Waals surface area contributed by atoms with Crippen LogP contribution in [0.2, 0.25) is 0 Å². The molecule has 1 atom stereocenters. The van der Waals surface area contributed by atoms with E-state index < -0.39 is 0 Å². The number of hydrogen-bond donors (Lipinski definition) is 3. The number of carbonyl (C=O) groups is 1. The molecule has 1 aliphatic rings. The second-order valence-corrected chi connectivity index (χ2v) is 6.18. The molecule has 0 aromatic heterocycles. The van der Waals surface area contributed by atoms with E-state index in [1.54, 1.807) is 0 Å². The lowest BCUT2D eigenvalue weighted by molar-refractivity contribution is -0.126. The van der Waals surface area contributed by atoms with E-state index >= 15 is 0 Å². The van der Waals surface area contributed by atoms with Gasteiger partial charge in [0.25, 0.3) is 0 Å². The van der Waals surface area contributed by atoms with Crippen LogP contribution < -0.4 is 10.6 Å². The molecule has 2 rings (SSSR count). The zero-order valence-corrected chi connectivity index (χ0v) is 12.3. The number of aliphatic hydroxyl groups excluding tert-OH is 1. The lowest BCUT2D eigenvalue weighted by atomic mass is 9.77. The SMILES string of the molecule is CC1(C)CCCNC1C(=O)NCc1cccc(CO)c1. The summed E-state index contributed by atoms with van der Waals surface area (Å²) in [5.74, 6) is 0.0594. The van der Waals surface area contributed by atoms with Crippen LogP contribution in [0.4, 0.5) is 0 Å². The number of rotatable bonds is 4. The van der Waals surface area contributed by atoms with Crippen molar-refractivity contribution in [2.45, 2.75) is 45.9 Å². The molecule has 1 aliphatic heterocycles. The molecular formula is C16H24N2O2. The number of aliphatic hydroxyl groups is 1. The molecule has 1 amide bonds. The molecule has 4 heteroatoms. The number of benzene rings is 1. The number of nitrogens with one attached hydrogen (secondary N) is 2. The van der Waals surface area contributed by atoms with E-state index in [0.717, 1.165) is 30.5 Å². The topological polar surface area (TPSA) is 61.4 Å². The van der Waals surface area contributed by atoms with Crippen molar-refractivity contribution in [1.82, 2.24) is 10.6 Å². The monoisotopic (exact) mass is 276 g/mol. The Labute approximate surface area is 120 Å². The second kappa shape index (κ2) is 6.37. The van der Waals surface area contributed by atoms with Gasteiger partial charge in [-0.1, -0.05) is 38.1 Å². The third kappa shape index (κ3) is 3.58. The summed E-state index contributed by atoms with van der Waals surface area (Å²) in [6, 6.07) is 7.52. The predicted molar refractivity (Wildman–Crippen MR) is 79.0 cm³/mol. The van der Waals surface area contributed by atoms with Crippen LogP contribution in [0.15, 0.2) is 24.3 Å². The van der Waals surface area contributed by atoms with Crippen LogP contribution in [-0.2, 0) is 17.9 Å². The van der Waals surface area contributed by atoms with E-state index in [1.807, 2.05) is 24.3 Å². The van der Waals surface area contributed by atoms with E-state index in [0.29, 0.717) is 6.54 Å². The smallest absolute Gasteiger partial charge is 0.237 e. The summed E-state index contributed by atoms with van der Waals surface area (Å²) < 4.78 is 0. The number of amides is 1. The molecule has 4 nitrogen and oxygen atoms in total. The zero-order valence-electron chi connectivity index (χ0n) is 12.3. The number of piperidine rings is 1. The molecule has 20 heavy (non-hydrogen) atoms. The van der Waals surface area contributed by atoms with Crippen LogP contribution in [0.5, 0.6) is 0 Å². The van der Waals surface area contributed by atoms with Gasteiger partial charge in [-0.15, -0.1) is 0 Å². The minimum atomic E-state index is -0.128. The summed E-state index contributed by atoms with van der Waals surface area (Å²) in [5.41, 5.74) is 1.88. The first-order valence-corrected chi connectivity index (χ1v) is 7.23. The average Bonchev–Trinajstić information content (AvgIpc) is 2.44. The third-order valence-corrected chi connectivity index (χ3v) is 4.03. The molecule has 110 valence electrons. The van der Waals surface area contributed by atoms with Gasteiger partial charge in [-0.3, -0.25) is 4.79 Å². The van der Waals surface area contributed by atoms with Gasteiger partial charge in [-0.05, 0) is 35.9 Å². The minimum absolute atomic E-state index is 0.00468. The molecule has 1 saturated heterocycles. The van der Waals surface area contributed by atoms with Gasteiger partial charge < -0.3 is 15.7 Å². The van der Waals surface area contributed by atoms with Gasteiger partial charge in [0, 0.05) is 6.54 Å². The van der Waals surface area contributed by atoms with E-state index in [1.165, 1.54) is 0 Å². The Bertz CT molecular complexity index is 471. The molecule has 1 heterocycles. The van der Waals surface area contributed by atoms with Crippen molar-refractivity contribution in [2.24, 2.45) is 5.41 Å². The van der Waals surface area contributed by atoms with Crippen molar-refractivity contribution in [1.29, 1.82) is 0 Å². The number of hydrogen-bond acceptors (Lipinski definition) is 3. The number of carbonyl (C=O) groups excluding carboxylic acids is 1. The summed E-state index contributed by atoms with van der Waals surface area (Å²) in [6.07, 6.45) is 2.19. The zero-order chi connectivity index (χ0) is 14.6. The van der Waals surface area contributed by atoms with E-state index in [4.69, 9.17) is 5.11 Å². The highest BCUT2D eigenvalue weighted by molar-refractivity contribution is 5.82. The van der Waals surface area contributed by atoms with Crippen molar-refractivity contribution in [2.75, 3.05) is 6.54 Å². The Morgan fingerprint density at radius 3 is 2.90 bits per heavy atom. The van der Waals surface area contributed by atoms with Gasteiger partial charge in [0.15, 0.2) is 0 Å². The highest BCUT2D eigenvalue weighted by Crippen LogP contribution is 2.30. The first kappa shape index (κ1) is 15.0. The minimum Gasteiger partial charge on any atom is -0.392 e. The van der Waals surface area contributed by atoms with Gasteiger partial charge in [0.2, 0.25) is 5.91 Å². The highest BCUT2D eigenvalue weighted by atomic mass is 16.3. The fourth-order valence-corrected chi connectivity index (χ4v) is 2.79. The van der Waals surface area contributed by atoms with Crippen molar-refractivity contribution < 1.29 is 9.90 Å². The molecule has 0 aliphatic carbocycles. The lowest BCUT2D eigenvalue weighted by Crippen LogP contribution is -2.55.